The number of carbonyl (C=O) groups is 1. The van der Waals surface area contributed by atoms with Gasteiger partial charge in [-0.1, -0.05) is 37.2 Å². The Morgan fingerprint density at radius 1 is 1.27 bits per heavy atom. The number of aromatic nitrogens is 2. The number of pyridine rings is 1. The van der Waals surface area contributed by atoms with Crippen molar-refractivity contribution in [1.29, 1.82) is 0 Å². The zero-order chi connectivity index (χ0) is 15.7. The fourth-order valence-electron chi connectivity index (χ4n) is 2.39. The van der Waals surface area contributed by atoms with Gasteiger partial charge in [0, 0.05) is 11.3 Å². The maximum atomic E-state index is 12.5. The monoisotopic (exact) mass is 295 g/mol. The molecule has 0 radical (unpaired) electrons. The highest BCUT2D eigenvalue weighted by molar-refractivity contribution is 6.06. The number of anilines is 1. The van der Waals surface area contributed by atoms with Crippen LogP contribution in [0.4, 0.5) is 5.69 Å². The van der Waals surface area contributed by atoms with Crippen LogP contribution in [0.3, 0.4) is 0 Å². The summed E-state index contributed by atoms with van der Waals surface area (Å²) in [6, 6.07) is 9.67. The molecule has 2 heterocycles. The van der Waals surface area contributed by atoms with Crippen LogP contribution in [0.1, 0.15) is 41.6 Å². The first kappa shape index (κ1) is 14.3. The van der Waals surface area contributed by atoms with Gasteiger partial charge in [-0.15, -0.1) is 0 Å². The topological polar surface area (TPSA) is 68.0 Å². The van der Waals surface area contributed by atoms with Gasteiger partial charge in [0.05, 0.1) is 23.1 Å². The first-order valence-electron chi connectivity index (χ1n) is 7.18. The van der Waals surface area contributed by atoms with Crippen LogP contribution >= 0.6 is 0 Å². The van der Waals surface area contributed by atoms with Gasteiger partial charge in [-0.3, -0.25) is 9.78 Å². The minimum absolute atomic E-state index is 0.0941. The van der Waals surface area contributed by atoms with Crippen molar-refractivity contribution in [3.05, 3.63) is 53.5 Å². The molecular formula is C17H17N3O2. The Bertz CT molecular complexity index is 837. The Balaban J connectivity index is 1.91. The van der Waals surface area contributed by atoms with E-state index in [1.165, 1.54) is 0 Å². The molecule has 112 valence electrons. The fourth-order valence-corrected chi connectivity index (χ4v) is 2.39. The lowest BCUT2D eigenvalue weighted by atomic mass is 10.0. The number of nitrogens with one attached hydrogen (secondary N) is 1. The van der Waals surface area contributed by atoms with E-state index in [9.17, 15) is 4.79 Å². The van der Waals surface area contributed by atoms with E-state index in [2.05, 4.69) is 15.5 Å². The number of aryl methyl sites for hydroxylation is 1. The number of para-hydroxylation sites is 1. The summed E-state index contributed by atoms with van der Waals surface area (Å²) in [7, 11) is 0. The molecule has 22 heavy (non-hydrogen) atoms. The summed E-state index contributed by atoms with van der Waals surface area (Å²) in [5, 5.41) is 7.75. The molecule has 0 unspecified atom stereocenters. The Labute approximate surface area is 128 Å². The van der Waals surface area contributed by atoms with Crippen molar-refractivity contribution in [1.82, 2.24) is 10.1 Å². The standard InChI is InChI=1S/C17H17N3O2/c1-10(2)16-15(11(3)20-22-16)17(21)19-13-8-12-6-4-5-7-14(12)18-9-13/h4-10H,1-3H3,(H,19,21). The van der Waals surface area contributed by atoms with Gasteiger partial charge >= 0.3 is 0 Å². The molecule has 3 rings (SSSR count). The summed E-state index contributed by atoms with van der Waals surface area (Å²) >= 11 is 0. The van der Waals surface area contributed by atoms with Gasteiger partial charge in [-0.25, -0.2) is 0 Å². The highest BCUT2D eigenvalue weighted by atomic mass is 16.5. The summed E-state index contributed by atoms with van der Waals surface area (Å²) in [5.41, 5.74) is 2.64. The van der Waals surface area contributed by atoms with Gasteiger partial charge in [0.2, 0.25) is 0 Å². The summed E-state index contributed by atoms with van der Waals surface area (Å²) in [6.45, 7) is 5.70. The van der Waals surface area contributed by atoms with E-state index in [0.717, 1.165) is 10.9 Å². The lowest BCUT2D eigenvalue weighted by molar-refractivity contribution is 0.102. The zero-order valence-electron chi connectivity index (χ0n) is 12.8. The summed E-state index contributed by atoms with van der Waals surface area (Å²) in [4.78, 5) is 16.9. The smallest absolute Gasteiger partial charge is 0.261 e. The van der Waals surface area contributed by atoms with Crippen molar-refractivity contribution in [2.45, 2.75) is 26.7 Å². The first-order chi connectivity index (χ1) is 10.6. The molecule has 2 aromatic heterocycles. The number of nitrogens with zero attached hydrogens (tertiary/aromatic N) is 2. The molecule has 1 amide bonds. The van der Waals surface area contributed by atoms with Crippen molar-refractivity contribution < 1.29 is 9.32 Å². The van der Waals surface area contributed by atoms with E-state index in [-0.39, 0.29) is 11.8 Å². The highest BCUT2D eigenvalue weighted by Gasteiger charge is 2.22. The van der Waals surface area contributed by atoms with E-state index < -0.39 is 0 Å². The van der Waals surface area contributed by atoms with Crippen molar-refractivity contribution in [2.24, 2.45) is 0 Å². The van der Waals surface area contributed by atoms with E-state index in [1.807, 2.05) is 44.2 Å². The second-order valence-electron chi connectivity index (χ2n) is 5.53. The summed E-state index contributed by atoms with van der Waals surface area (Å²) in [5.74, 6) is 0.472. The average Bonchev–Trinajstić information content (AvgIpc) is 2.89. The number of hydrogen-bond donors (Lipinski definition) is 1. The molecule has 0 spiro atoms. The van der Waals surface area contributed by atoms with Crippen molar-refractivity contribution in [3.63, 3.8) is 0 Å². The number of amides is 1. The molecule has 0 saturated carbocycles. The molecule has 0 atom stereocenters. The van der Waals surface area contributed by atoms with Crippen LogP contribution in [-0.4, -0.2) is 16.0 Å². The zero-order valence-corrected chi connectivity index (χ0v) is 12.8. The van der Waals surface area contributed by atoms with Crippen LogP contribution in [0.2, 0.25) is 0 Å². The number of benzene rings is 1. The molecule has 3 aromatic rings. The van der Waals surface area contributed by atoms with Gasteiger partial charge in [0.25, 0.3) is 5.91 Å². The van der Waals surface area contributed by atoms with E-state index in [4.69, 9.17) is 4.52 Å². The normalized spacial score (nSPS) is 11.1. The maximum absolute atomic E-state index is 12.5. The second-order valence-corrected chi connectivity index (χ2v) is 5.53. The molecule has 0 saturated heterocycles. The highest BCUT2D eigenvalue weighted by Crippen LogP contribution is 2.24. The lowest BCUT2D eigenvalue weighted by Crippen LogP contribution is -2.15. The van der Waals surface area contributed by atoms with Crippen LogP contribution in [0.25, 0.3) is 10.9 Å². The summed E-state index contributed by atoms with van der Waals surface area (Å²) in [6.07, 6.45) is 1.65. The lowest BCUT2D eigenvalue weighted by Gasteiger charge is -2.07. The average molecular weight is 295 g/mol. The van der Waals surface area contributed by atoms with Gasteiger partial charge < -0.3 is 9.84 Å². The molecule has 1 N–H and O–H groups in total. The second kappa shape index (κ2) is 5.60. The van der Waals surface area contributed by atoms with E-state index >= 15 is 0 Å². The molecule has 0 aliphatic heterocycles. The maximum Gasteiger partial charge on any atom is 0.261 e. The quantitative estimate of drug-likeness (QED) is 0.795. The van der Waals surface area contributed by atoms with Gasteiger partial charge in [-0.05, 0) is 19.1 Å². The predicted octanol–water partition coefficient (Wildman–Crippen LogP) is 3.91. The number of fused-ring (bicyclic) bond motifs is 1. The van der Waals surface area contributed by atoms with E-state index in [0.29, 0.717) is 22.7 Å². The SMILES string of the molecule is Cc1noc(C(C)C)c1C(=O)Nc1cnc2ccccc2c1. The predicted molar refractivity (Wildman–Crippen MR) is 85.0 cm³/mol. The van der Waals surface area contributed by atoms with Crippen LogP contribution in [0.15, 0.2) is 41.1 Å². The third-order valence-electron chi connectivity index (χ3n) is 3.49. The van der Waals surface area contributed by atoms with Crippen molar-refractivity contribution in [3.8, 4) is 0 Å². The fraction of sp³-hybridized carbons (Fsp3) is 0.235. The van der Waals surface area contributed by atoms with Crippen LogP contribution in [-0.2, 0) is 0 Å². The summed E-state index contributed by atoms with van der Waals surface area (Å²) < 4.78 is 5.26. The number of rotatable bonds is 3. The molecule has 5 heteroatoms. The molecule has 5 nitrogen and oxygen atoms in total. The van der Waals surface area contributed by atoms with E-state index in [1.54, 1.807) is 13.1 Å². The largest absolute Gasteiger partial charge is 0.360 e. The van der Waals surface area contributed by atoms with Gasteiger partial charge in [0.1, 0.15) is 5.56 Å². The van der Waals surface area contributed by atoms with Gasteiger partial charge in [-0.2, -0.15) is 0 Å². The number of hydrogen-bond acceptors (Lipinski definition) is 4. The Hall–Kier alpha value is -2.69. The Kier molecular flexibility index (Phi) is 3.63. The third kappa shape index (κ3) is 2.57. The Morgan fingerprint density at radius 2 is 2.05 bits per heavy atom. The molecule has 0 aliphatic carbocycles. The molecule has 1 aromatic carbocycles. The van der Waals surface area contributed by atoms with Crippen LogP contribution < -0.4 is 5.32 Å². The molecular weight excluding hydrogens is 278 g/mol. The van der Waals surface area contributed by atoms with Crippen LogP contribution in [0.5, 0.6) is 0 Å². The van der Waals surface area contributed by atoms with Gasteiger partial charge in [0.15, 0.2) is 5.76 Å². The third-order valence-corrected chi connectivity index (χ3v) is 3.49. The van der Waals surface area contributed by atoms with Crippen molar-refractivity contribution in [2.75, 3.05) is 5.32 Å². The number of carbonyl (C=O) groups excluding carboxylic acids is 1. The van der Waals surface area contributed by atoms with Crippen molar-refractivity contribution >= 4 is 22.5 Å². The van der Waals surface area contributed by atoms with Crippen LogP contribution in [0, 0.1) is 6.92 Å². The molecule has 0 bridgehead atoms. The Morgan fingerprint density at radius 3 is 2.82 bits per heavy atom. The minimum atomic E-state index is -0.223. The minimum Gasteiger partial charge on any atom is -0.360 e. The first-order valence-corrected chi connectivity index (χ1v) is 7.18. The molecule has 0 aliphatic rings. The molecule has 0 fully saturated rings.